The Hall–Kier alpha value is -2.09. The molecule has 1 saturated carbocycles. The number of carbonyl (C=O) groups excluding carboxylic acids is 1. The summed E-state index contributed by atoms with van der Waals surface area (Å²) in [5.74, 6) is -2.51. The van der Waals surface area contributed by atoms with E-state index in [-0.39, 0.29) is 11.6 Å². The number of hydrogen-bond acceptors (Lipinski definition) is 5. The van der Waals surface area contributed by atoms with Crippen molar-refractivity contribution in [3.63, 3.8) is 0 Å². The minimum atomic E-state index is -1.26. The normalized spacial score (nSPS) is 18.9. The summed E-state index contributed by atoms with van der Waals surface area (Å²) in [6.45, 7) is 2.93. The molecule has 23 heavy (non-hydrogen) atoms. The number of carboxylic acid groups (broad SMARTS) is 2. The summed E-state index contributed by atoms with van der Waals surface area (Å²) < 4.78 is 5.29. The largest absolute Gasteiger partial charge is 0.478 e. The van der Waals surface area contributed by atoms with E-state index in [1.807, 2.05) is 0 Å². The van der Waals surface area contributed by atoms with E-state index < -0.39 is 11.9 Å². The highest BCUT2D eigenvalue weighted by Crippen LogP contribution is 2.43. The summed E-state index contributed by atoms with van der Waals surface area (Å²) in [6, 6.07) is 0. The lowest BCUT2D eigenvalue weighted by molar-refractivity contribution is -0.134. The number of hydrogen-bond donors (Lipinski definition) is 2. The number of likely N-dealkylation sites (tertiary alicyclic amines) is 1. The molecule has 0 atom stereocenters. The molecule has 0 aromatic carbocycles. The van der Waals surface area contributed by atoms with E-state index in [4.69, 9.17) is 14.9 Å². The minimum absolute atomic E-state index is 0.210. The lowest BCUT2D eigenvalue weighted by atomic mass is 10.2. The van der Waals surface area contributed by atoms with Gasteiger partial charge in [0.1, 0.15) is 6.61 Å². The van der Waals surface area contributed by atoms with E-state index in [0.29, 0.717) is 18.8 Å². The third-order valence-electron chi connectivity index (χ3n) is 3.80. The van der Waals surface area contributed by atoms with Crippen molar-refractivity contribution in [1.29, 1.82) is 0 Å². The van der Waals surface area contributed by atoms with Gasteiger partial charge in [0.25, 0.3) is 0 Å². The van der Waals surface area contributed by atoms with Crippen LogP contribution >= 0.6 is 0 Å². The highest BCUT2D eigenvalue weighted by atomic mass is 16.6. The number of aliphatic carboxylic acids is 2. The number of nitrogens with zero attached hydrogens (tertiary/aromatic N) is 2. The van der Waals surface area contributed by atoms with Crippen LogP contribution in [0.3, 0.4) is 0 Å². The topological polar surface area (TPSA) is 107 Å². The van der Waals surface area contributed by atoms with Crippen molar-refractivity contribution in [1.82, 2.24) is 9.80 Å². The first kappa shape index (κ1) is 19.0. The predicted octanol–water partition coefficient (Wildman–Crippen LogP) is 1.02. The minimum Gasteiger partial charge on any atom is -0.478 e. The lowest BCUT2D eigenvalue weighted by Gasteiger charge is -2.27. The first-order valence-corrected chi connectivity index (χ1v) is 7.50. The molecule has 0 bridgehead atoms. The average Bonchev–Trinajstić information content (AvgIpc) is 3.06. The first-order chi connectivity index (χ1) is 10.8. The van der Waals surface area contributed by atoms with Crippen LogP contribution in [0.25, 0.3) is 0 Å². The standard InChI is InChI=1S/C11H20N2O2.C4H4O4/c1-12(2)10(14)15-9-11(5-6-11)13-7-3-4-8-13;5-3(6)1-2-4(7)8/h3-9H2,1-2H3;1-2H,(H,5,6)(H,7,8). The van der Waals surface area contributed by atoms with Gasteiger partial charge >= 0.3 is 18.0 Å². The Morgan fingerprint density at radius 2 is 1.57 bits per heavy atom. The molecule has 1 aliphatic carbocycles. The number of amides is 1. The van der Waals surface area contributed by atoms with Gasteiger partial charge < -0.3 is 19.8 Å². The van der Waals surface area contributed by atoms with Gasteiger partial charge in [0.05, 0.1) is 5.54 Å². The molecule has 8 nitrogen and oxygen atoms in total. The second-order valence-corrected chi connectivity index (χ2v) is 5.88. The van der Waals surface area contributed by atoms with E-state index in [9.17, 15) is 14.4 Å². The Labute approximate surface area is 135 Å². The third-order valence-corrected chi connectivity index (χ3v) is 3.80. The highest BCUT2D eigenvalue weighted by molar-refractivity contribution is 5.89. The Kier molecular flexibility index (Phi) is 7.02. The Bertz CT molecular complexity index is 449. The van der Waals surface area contributed by atoms with Gasteiger partial charge in [-0.05, 0) is 38.8 Å². The highest BCUT2D eigenvalue weighted by Gasteiger charge is 2.49. The molecule has 2 aliphatic rings. The zero-order chi connectivity index (χ0) is 17.5. The van der Waals surface area contributed by atoms with Crippen molar-refractivity contribution in [2.24, 2.45) is 0 Å². The zero-order valence-corrected chi connectivity index (χ0v) is 13.5. The van der Waals surface area contributed by atoms with Crippen LogP contribution in [0.4, 0.5) is 4.79 Å². The van der Waals surface area contributed by atoms with E-state index >= 15 is 0 Å². The van der Waals surface area contributed by atoms with Crippen LogP contribution in [0.5, 0.6) is 0 Å². The van der Waals surface area contributed by atoms with Gasteiger partial charge in [0.2, 0.25) is 0 Å². The maximum atomic E-state index is 11.3. The predicted molar refractivity (Wildman–Crippen MR) is 82.2 cm³/mol. The number of ether oxygens (including phenoxy) is 1. The molecule has 130 valence electrons. The first-order valence-electron chi connectivity index (χ1n) is 7.50. The molecule has 0 unspecified atom stereocenters. The summed E-state index contributed by atoms with van der Waals surface area (Å²) >= 11 is 0. The molecule has 0 aromatic rings. The van der Waals surface area contributed by atoms with E-state index in [1.165, 1.54) is 43.7 Å². The van der Waals surface area contributed by atoms with Crippen LogP contribution in [0.2, 0.25) is 0 Å². The third kappa shape index (κ3) is 6.68. The van der Waals surface area contributed by atoms with Crippen LogP contribution in [0.1, 0.15) is 25.7 Å². The second kappa shape index (κ2) is 8.52. The molecule has 2 N–H and O–H groups in total. The number of carbonyl (C=O) groups is 3. The molecule has 1 saturated heterocycles. The fraction of sp³-hybridized carbons (Fsp3) is 0.667. The van der Waals surface area contributed by atoms with Gasteiger partial charge in [0.15, 0.2) is 0 Å². The van der Waals surface area contributed by atoms with Crippen LogP contribution < -0.4 is 0 Å². The molecule has 0 radical (unpaired) electrons. The van der Waals surface area contributed by atoms with Crippen molar-refractivity contribution in [2.75, 3.05) is 33.8 Å². The fourth-order valence-corrected chi connectivity index (χ4v) is 2.36. The maximum Gasteiger partial charge on any atom is 0.409 e. The summed E-state index contributed by atoms with van der Waals surface area (Å²) in [4.78, 5) is 34.4. The molecular formula is C15H24N2O6. The quantitative estimate of drug-likeness (QED) is 0.726. The van der Waals surface area contributed by atoms with Gasteiger partial charge in [-0.15, -0.1) is 0 Å². The van der Waals surface area contributed by atoms with E-state index in [2.05, 4.69) is 4.90 Å². The molecule has 2 fully saturated rings. The van der Waals surface area contributed by atoms with Gasteiger partial charge in [-0.1, -0.05) is 0 Å². The Balaban J connectivity index is 0.000000284. The summed E-state index contributed by atoms with van der Waals surface area (Å²) in [5.41, 5.74) is 0.210. The van der Waals surface area contributed by atoms with Crippen molar-refractivity contribution >= 4 is 18.0 Å². The van der Waals surface area contributed by atoms with E-state index in [0.717, 1.165) is 0 Å². The Morgan fingerprint density at radius 3 is 1.91 bits per heavy atom. The van der Waals surface area contributed by atoms with Gasteiger partial charge in [-0.25, -0.2) is 14.4 Å². The fourth-order valence-electron chi connectivity index (χ4n) is 2.36. The molecule has 2 rings (SSSR count). The van der Waals surface area contributed by atoms with Crippen molar-refractivity contribution < 1.29 is 29.3 Å². The molecule has 1 aliphatic heterocycles. The SMILES string of the molecule is CN(C)C(=O)OCC1(N2CCCC2)CC1.O=C(O)C=CC(=O)O. The molecule has 8 heteroatoms. The number of rotatable bonds is 5. The van der Waals surface area contributed by atoms with Gasteiger partial charge in [-0.3, -0.25) is 4.90 Å². The molecule has 1 heterocycles. The van der Waals surface area contributed by atoms with Gasteiger partial charge in [0, 0.05) is 26.2 Å². The van der Waals surface area contributed by atoms with Crippen molar-refractivity contribution in [3.05, 3.63) is 12.2 Å². The van der Waals surface area contributed by atoms with Gasteiger partial charge in [-0.2, -0.15) is 0 Å². The van der Waals surface area contributed by atoms with E-state index in [1.54, 1.807) is 14.1 Å². The maximum absolute atomic E-state index is 11.3. The smallest absolute Gasteiger partial charge is 0.409 e. The number of carboxylic acids is 2. The summed E-state index contributed by atoms with van der Waals surface area (Å²) in [7, 11) is 3.44. The van der Waals surface area contributed by atoms with Crippen LogP contribution in [0.15, 0.2) is 12.2 Å². The molecular weight excluding hydrogens is 304 g/mol. The van der Waals surface area contributed by atoms with Crippen LogP contribution in [0, 0.1) is 0 Å². The summed E-state index contributed by atoms with van der Waals surface area (Å²) in [6.07, 6.45) is 5.86. The van der Waals surface area contributed by atoms with Crippen LogP contribution in [-0.4, -0.2) is 77.4 Å². The van der Waals surface area contributed by atoms with Crippen molar-refractivity contribution in [3.8, 4) is 0 Å². The molecule has 0 aromatic heterocycles. The molecule has 0 spiro atoms. The summed E-state index contributed by atoms with van der Waals surface area (Å²) in [5, 5.41) is 15.6. The second-order valence-electron chi connectivity index (χ2n) is 5.88. The van der Waals surface area contributed by atoms with Crippen LogP contribution in [-0.2, 0) is 14.3 Å². The van der Waals surface area contributed by atoms with Crippen molar-refractivity contribution in [2.45, 2.75) is 31.2 Å². The average molecular weight is 328 g/mol. The lowest BCUT2D eigenvalue weighted by Crippen LogP contribution is -2.40. The monoisotopic (exact) mass is 328 g/mol. The Morgan fingerprint density at radius 1 is 1.09 bits per heavy atom. The molecule has 1 amide bonds. The zero-order valence-electron chi connectivity index (χ0n) is 13.5.